The molecule has 0 aromatic heterocycles. The number of likely N-dealkylation sites (tertiary alicyclic amines) is 1. The van der Waals surface area contributed by atoms with E-state index in [4.69, 9.17) is 4.74 Å². The van der Waals surface area contributed by atoms with Crippen molar-refractivity contribution in [3.63, 3.8) is 0 Å². The molecule has 2 aliphatic rings. The summed E-state index contributed by atoms with van der Waals surface area (Å²) in [5.74, 6) is 1.89. The highest BCUT2D eigenvalue weighted by atomic mass is 16.5. The van der Waals surface area contributed by atoms with Crippen molar-refractivity contribution >= 4 is 5.91 Å². The third-order valence-electron chi connectivity index (χ3n) is 8.37. The number of aryl methyl sites for hydroxylation is 1. The van der Waals surface area contributed by atoms with Crippen LogP contribution in [0.2, 0.25) is 0 Å². The van der Waals surface area contributed by atoms with Gasteiger partial charge >= 0.3 is 0 Å². The number of hydrogen-bond acceptors (Lipinski definition) is 3. The van der Waals surface area contributed by atoms with E-state index >= 15 is 0 Å². The lowest BCUT2D eigenvalue weighted by Crippen LogP contribution is -2.45. The van der Waals surface area contributed by atoms with Crippen LogP contribution < -0.4 is 4.74 Å². The lowest BCUT2D eigenvalue weighted by molar-refractivity contribution is 0.0588. The number of benzene rings is 3. The zero-order chi connectivity index (χ0) is 25.6. The molecule has 1 heterocycles. The molecular formula is C33H40N2O2. The Kier molecular flexibility index (Phi) is 8.25. The predicted octanol–water partition coefficient (Wildman–Crippen LogP) is 6.69. The maximum absolute atomic E-state index is 13.9. The van der Waals surface area contributed by atoms with Gasteiger partial charge in [-0.05, 0) is 66.6 Å². The first-order valence-corrected chi connectivity index (χ1v) is 13.9. The normalized spacial score (nSPS) is 20.6. The van der Waals surface area contributed by atoms with Gasteiger partial charge in [0.15, 0.2) is 0 Å². The summed E-state index contributed by atoms with van der Waals surface area (Å²) in [4.78, 5) is 18.7. The number of nitrogens with zero attached hydrogens (tertiary/aromatic N) is 2. The van der Waals surface area contributed by atoms with E-state index in [1.165, 1.54) is 36.0 Å². The molecule has 3 aromatic rings. The standard InChI is InChI=1S/C33H40N2O2/c1-25-12-9-10-19-31(25)32-24-34(21-26-13-11-18-30(20-26)37-2)22-28(32)23-35(29-16-7-4-8-17-29)33(36)27-14-5-3-6-15-27/h3,5-6,9-15,18-20,28-29,32H,4,7-8,16-17,21-24H2,1-2H3/t28-,32-/m0/s1. The molecule has 0 unspecified atom stereocenters. The van der Waals surface area contributed by atoms with Gasteiger partial charge in [0.05, 0.1) is 7.11 Å². The summed E-state index contributed by atoms with van der Waals surface area (Å²) in [5, 5.41) is 0. The molecule has 1 saturated heterocycles. The maximum atomic E-state index is 13.9. The molecule has 1 amide bonds. The van der Waals surface area contributed by atoms with Crippen LogP contribution in [-0.4, -0.2) is 48.5 Å². The van der Waals surface area contributed by atoms with Crippen LogP contribution >= 0.6 is 0 Å². The first-order chi connectivity index (χ1) is 18.1. The molecule has 194 valence electrons. The number of amides is 1. The average Bonchev–Trinajstić information content (AvgIpc) is 3.34. The van der Waals surface area contributed by atoms with E-state index in [2.05, 4.69) is 59.2 Å². The quantitative estimate of drug-likeness (QED) is 0.348. The van der Waals surface area contributed by atoms with Crippen molar-refractivity contribution in [3.05, 3.63) is 101 Å². The second kappa shape index (κ2) is 12.0. The van der Waals surface area contributed by atoms with Crippen LogP contribution in [0.1, 0.15) is 65.1 Å². The van der Waals surface area contributed by atoms with Crippen molar-refractivity contribution < 1.29 is 9.53 Å². The molecule has 2 atom stereocenters. The van der Waals surface area contributed by atoms with Gasteiger partial charge in [-0.2, -0.15) is 0 Å². The molecule has 4 heteroatoms. The Labute approximate surface area is 222 Å². The molecule has 1 aliphatic carbocycles. The molecule has 0 N–H and O–H groups in total. The molecule has 2 fully saturated rings. The number of ether oxygens (including phenoxy) is 1. The zero-order valence-electron chi connectivity index (χ0n) is 22.3. The molecule has 0 bridgehead atoms. The number of hydrogen-bond donors (Lipinski definition) is 0. The molecule has 0 spiro atoms. The number of carbonyl (C=O) groups excluding carboxylic acids is 1. The Bertz CT molecular complexity index is 1170. The largest absolute Gasteiger partial charge is 0.497 e. The fourth-order valence-electron chi connectivity index (χ4n) is 6.45. The first kappa shape index (κ1) is 25.5. The van der Waals surface area contributed by atoms with Crippen molar-refractivity contribution in [3.8, 4) is 5.75 Å². The van der Waals surface area contributed by atoms with Gasteiger partial charge in [0.1, 0.15) is 5.75 Å². The number of rotatable bonds is 8. The fourth-order valence-corrected chi connectivity index (χ4v) is 6.45. The van der Waals surface area contributed by atoms with E-state index in [-0.39, 0.29) is 5.91 Å². The maximum Gasteiger partial charge on any atom is 0.254 e. The Morgan fingerprint density at radius 1 is 0.919 bits per heavy atom. The van der Waals surface area contributed by atoms with Crippen molar-refractivity contribution in [1.82, 2.24) is 9.80 Å². The summed E-state index contributed by atoms with van der Waals surface area (Å²) in [6.07, 6.45) is 5.96. The van der Waals surface area contributed by atoms with E-state index in [1.54, 1.807) is 7.11 Å². The molecule has 1 saturated carbocycles. The molecule has 5 rings (SSSR count). The molecule has 4 nitrogen and oxygen atoms in total. The summed E-state index contributed by atoms with van der Waals surface area (Å²) >= 11 is 0. The molecule has 1 aliphatic heterocycles. The van der Waals surface area contributed by atoms with E-state index < -0.39 is 0 Å². The Hall–Kier alpha value is -3.11. The highest BCUT2D eigenvalue weighted by Crippen LogP contribution is 2.37. The van der Waals surface area contributed by atoms with Crippen LogP contribution in [0, 0.1) is 12.8 Å². The van der Waals surface area contributed by atoms with Crippen molar-refractivity contribution in [2.75, 3.05) is 26.7 Å². The smallest absolute Gasteiger partial charge is 0.254 e. The van der Waals surface area contributed by atoms with Crippen LogP contribution in [0.4, 0.5) is 0 Å². The molecule has 3 aromatic carbocycles. The van der Waals surface area contributed by atoms with E-state index in [9.17, 15) is 4.79 Å². The lowest BCUT2D eigenvalue weighted by atomic mass is 9.85. The van der Waals surface area contributed by atoms with Crippen molar-refractivity contribution in [2.45, 2.75) is 57.5 Å². The third kappa shape index (κ3) is 6.07. The summed E-state index contributed by atoms with van der Waals surface area (Å²) in [6.45, 7) is 5.93. The summed E-state index contributed by atoms with van der Waals surface area (Å²) in [7, 11) is 1.73. The van der Waals surface area contributed by atoms with Gasteiger partial charge in [0.25, 0.3) is 5.91 Å². The number of methoxy groups -OCH3 is 1. The van der Waals surface area contributed by atoms with Gasteiger partial charge in [-0.3, -0.25) is 9.69 Å². The van der Waals surface area contributed by atoms with Gasteiger partial charge in [-0.15, -0.1) is 0 Å². The lowest BCUT2D eigenvalue weighted by Gasteiger charge is -2.37. The van der Waals surface area contributed by atoms with E-state index in [0.29, 0.717) is 17.9 Å². The second-order valence-corrected chi connectivity index (χ2v) is 10.9. The minimum atomic E-state index is 0.197. The van der Waals surface area contributed by atoms with E-state index in [0.717, 1.165) is 50.3 Å². The van der Waals surface area contributed by atoms with E-state index in [1.807, 2.05) is 36.4 Å². The predicted molar refractivity (Wildman–Crippen MR) is 150 cm³/mol. The van der Waals surface area contributed by atoms with Gasteiger partial charge in [-0.25, -0.2) is 0 Å². The molecule has 0 radical (unpaired) electrons. The third-order valence-corrected chi connectivity index (χ3v) is 8.37. The van der Waals surface area contributed by atoms with Gasteiger partial charge in [-0.1, -0.05) is 73.9 Å². The Balaban J connectivity index is 1.42. The van der Waals surface area contributed by atoms with Gasteiger partial charge in [0.2, 0.25) is 0 Å². The van der Waals surface area contributed by atoms with Gasteiger partial charge < -0.3 is 9.64 Å². The SMILES string of the molecule is COc1cccc(CN2C[C@@H](CN(C(=O)c3ccccc3)C3CCCCC3)[C@@H](c3ccccc3C)C2)c1. The Morgan fingerprint density at radius 3 is 2.43 bits per heavy atom. The number of carbonyl (C=O) groups is 1. The molecule has 37 heavy (non-hydrogen) atoms. The Morgan fingerprint density at radius 2 is 1.68 bits per heavy atom. The van der Waals surface area contributed by atoms with Crippen LogP contribution in [0.3, 0.4) is 0 Å². The molecular weight excluding hydrogens is 456 g/mol. The first-order valence-electron chi connectivity index (χ1n) is 13.9. The van der Waals surface area contributed by atoms with Crippen LogP contribution in [0.15, 0.2) is 78.9 Å². The fraction of sp³-hybridized carbons (Fsp3) is 0.424. The summed E-state index contributed by atoms with van der Waals surface area (Å²) in [6, 6.07) is 27.5. The van der Waals surface area contributed by atoms with Crippen LogP contribution in [0.25, 0.3) is 0 Å². The minimum absolute atomic E-state index is 0.197. The topological polar surface area (TPSA) is 32.8 Å². The highest BCUT2D eigenvalue weighted by Gasteiger charge is 2.38. The van der Waals surface area contributed by atoms with Crippen LogP contribution in [-0.2, 0) is 6.54 Å². The second-order valence-electron chi connectivity index (χ2n) is 10.9. The summed E-state index contributed by atoms with van der Waals surface area (Å²) < 4.78 is 5.47. The van der Waals surface area contributed by atoms with Crippen molar-refractivity contribution in [2.24, 2.45) is 5.92 Å². The zero-order valence-corrected chi connectivity index (χ0v) is 22.3. The van der Waals surface area contributed by atoms with Crippen LogP contribution in [0.5, 0.6) is 5.75 Å². The van der Waals surface area contributed by atoms with Crippen molar-refractivity contribution in [1.29, 1.82) is 0 Å². The monoisotopic (exact) mass is 496 g/mol. The van der Waals surface area contributed by atoms with Gasteiger partial charge in [0, 0.05) is 43.7 Å². The average molecular weight is 497 g/mol. The highest BCUT2D eigenvalue weighted by molar-refractivity contribution is 5.94. The minimum Gasteiger partial charge on any atom is -0.497 e. The summed E-state index contributed by atoms with van der Waals surface area (Å²) in [5.41, 5.74) is 4.86.